The summed E-state index contributed by atoms with van der Waals surface area (Å²) in [7, 11) is 0. The van der Waals surface area contributed by atoms with Crippen LogP contribution < -0.4 is 4.74 Å². The number of para-hydroxylation sites is 1. The highest BCUT2D eigenvalue weighted by Crippen LogP contribution is 2.33. The van der Waals surface area contributed by atoms with E-state index in [1.54, 1.807) is 18.2 Å². The Morgan fingerprint density at radius 3 is 2.44 bits per heavy atom. The minimum atomic E-state index is -1.69. The fraction of sp³-hybridized carbons (Fsp3) is 0. The molecule has 0 saturated carbocycles. The van der Waals surface area contributed by atoms with Crippen molar-refractivity contribution in [3.05, 3.63) is 106 Å². The Labute approximate surface area is 191 Å². The number of Topliss-reactive ketones (excluding diaryl/α,β-unsaturated/α-hetero) is 1. The number of aliphatic carboxylic acids is 1. The molecule has 34 heavy (non-hydrogen) atoms. The first-order valence-electron chi connectivity index (χ1n) is 9.89. The van der Waals surface area contributed by atoms with Gasteiger partial charge < -0.3 is 9.84 Å². The molecule has 4 rings (SSSR count). The Kier molecular flexibility index (Phi) is 6.09. The molecule has 1 aromatic heterocycles. The van der Waals surface area contributed by atoms with Gasteiger partial charge in [-0.2, -0.15) is 0 Å². The molecular formula is C25H15FN2O6. The number of fused-ring (bicyclic) bond motifs is 1. The first-order chi connectivity index (χ1) is 16.3. The summed E-state index contributed by atoms with van der Waals surface area (Å²) in [6, 6.07) is 19.1. The zero-order valence-electron chi connectivity index (χ0n) is 17.3. The topological polar surface area (TPSA) is 120 Å². The molecule has 0 aliphatic heterocycles. The number of aromatic nitrogens is 1. The highest BCUT2D eigenvalue weighted by molar-refractivity contribution is 6.52. The second kappa shape index (κ2) is 9.29. The summed E-state index contributed by atoms with van der Waals surface area (Å²) in [6.45, 7) is 0. The van der Waals surface area contributed by atoms with Gasteiger partial charge in [-0.25, -0.2) is 14.2 Å². The fourth-order valence-electron chi connectivity index (χ4n) is 3.24. The molecule has 0 amide bonds. The van der Waals surface area contributed by atoms with Crippen molar-refractivity contribution in [1.82, 2.24) is 4.98 Å². The molecule has 0 fully saturated rings. The predicted octanol–water partition coefficient (Wildman–Crippen LogP) is 5.27. The highest BCUT2D eigenvalue weighted by atomic mass is 19.1. The predicted molar refractivity (Wildman–Crippen MR) is 122 cm³/mol. The number of carboxylic acid groups (broad SMARTS) is 1. The summed E-state index contributed by atoms with van der Waals surface area (Å²) < 4.78 is 18.6. The molecule has 1 N–H and O–H groups in total. The molecule has 0 unspecified atom stereocenters. The van der Waals surface area contributed by atoms with Crippen molar-refractivity contribution in [2.24, 2.45) is 0 Å². The monoisotopic (exact) mass is 458 g/mol. The molecule has 1 heterocycles. The van der Waals surface area contributed by atoms with Gasteiger partial charge in [0, 0.05) is 11.5 Å². The van der Waals surface area contributed by atoms with E-state index in [1.807, 2.05) is 12.1 Å². The van der Waals surface area contributed by atoms with Crippen LogP contribution in [0, 0.1) is 15.9 Å². The van der Waals surface area contributed by atoms with Crippen molar-refractivity contribution >= 4 is 40.0 Å². The van der Waals surface area contributed by atoms with E-state index < -0.39 is 28.2 Å². The smallest absolute Gasteiger partial charge is 0.377 e. The Bertz CT molecular complexity index is 1460. The second-order valence-electron chi connectivity index (χ2n) is 7.12. The second-order valence-corrected chi connectivity index (χ2v) is 7.12. The highest BCUT2D eigenvalue weighted by Gasteiger charge is 2.22. The molecular weight excluding hydrogens is 443 g/mol. The molecule has 8 nitrogen and oxygen atoms in total. The number of carboxylic acids is 1. The average molecular weight is 458 g/mol. The van der Waals surface area contributed by atoms with Gasteiger partial charge in [0.1, 0.15) is 11.6 Å². The van der Waals surface area contributed by atoms with E-state index >= 15 is 0 Å². The molecule has 0 aliphatic carbocycles. The van der Waals surface area contributed by atoms with Gasteiger partial charge >= 0.3 is 11.7 Å². The number of nitro groups is 1. The molecule has 3 aromatic carbocycles. The van der Waals surface area contributed by atoms with Crippen LogP contribution in [-0.2, 0) is 9.59 Å². The minimum absolute atomic E-state index is 0.108. The Morgan fingerprint density at radius 1 is 1.00 bits per heavy atom. The standard InChI is InChI=1S/C25H15FN2O6/c26-17-7-9-18(10-8-17)34-23-12-5-15(14-22(23)28(32)33)13-19(24(29)25(30)31)21-11-6-16-3-1-2-4-20(16)27-21/h1-14H,(H,30,31)/b19-13-. The van der Waals surface area contributed by atoms with E-state index in [9.17, 15) is 29.2 Å². The van der Waals surface area contributed by atoms with Crippen LogP contribution in [0.2, 0.25) is 0 Å². The van der Waals surface area contributed by atoms with E-state index in [2.05, 4.69) is 4.98 Å². The molecule has 0 aliphatic rings. The van der Waals surface area contributed by atoms with Crippen LogP contribution >= 0.6 is 0 Å². The molecule has 0 atom stereocenters. The molecule has 0 radical (unpaired) electrons. The van der Waals surface area contributed by atoms with Crippen LogP contribution in [0.1, 0.15) is 11.3 Å². The van der Waals surface area contributed by atoms with Crippen LogP contribution in [-0.4, -0.2) is 26.8 Å². The number of carbonyl (C=O) groups excluding carboxylic acids is 1. The normalized spacial score (nSPS) is 11.3. The van der Waals surface area contributed by atoms with Crippen LogP contribution in [0.15, 0.2) is 78.9 Å². The number of benzene rings is 3. The van der Waals surface area contributed by atoms with E-state index in [0.717, 1.165) is 23.6 Å². The van der Waals surface area contributed by atoms with Crippen molar-refractivity contribution in [3.63, 3.8) is 0 Å². The number of carbonyl (C=O) groups is 2. The quantitative estimate of drug-likeness (QED) is 0.173. The first kappa shape index (κ1) is 22.3. The number of nitrogens with zero attached hydrogens (tertiary/aromatic N) is 2. The lowest BCUT2D eigenvalue weighted by atomic mass is 10.0. The summed E-state index contributed by atoms with van der Waals surface area (Å²) in [6.07, 6.45) is 1.22. The van der Waals surface area contributed by atoms with Crippen molar-refractivity contribution in [2.45, 2.75) is 0 Å². The third-order valence-electron chi connectivity index (χ3n) is 4.85. The van der Waals surface area contributed by atoms with Crippen LogP contribution in [0.25, 0.3) is 22.6 Å². The average Bonchev–Trinajstić information content (AvgIpc) is 2.83. The van der Waals surface area contributed by atoms with Crippen LogP contribution in [0.5, 0.6) is 11.5 Å². The number of rotatable bonds is 7. The third kappa shape index (κ3) is 4.78. The SMILES string of the molecule is O=C(O)C(=O)/C(=C\c1ccc(Oc2ccc(F)cc2)c([N+](=O)[O-])c1)c1ccc2ccccc2n1. The maximum atomic E-state index is 13.1. The fourth-order valence-corrected chi connectivity index (χ4v) is 3.24. The number of nitro benzene ring substituents is 1. The summed E-state index contributed by atoms with van der Waals surface area (Å²) in [4.78, 5) is 39.2. The van der Waals surface area contributed by atoms with E-state index in [-0.39, 0.29) is 28.3 Å². The summed E-state index contributed by atoms with van der Waals surface area (Å²) in [5.74, 6) is -3.30. The Morgan fingerprint density at radius 2 is 1.74 bits per heavy atom. The van der Waals surface area contributed by atoms with Gasteiger partial charge in [-0.1, -0.05) is 30.3 Å². The van der Waals surface area contributed by atoms with Crippen molar-refractivity contribution in [3.8, 4) is 11.5 Å². The number of pyridine rings is 1. The summed E-state index contributed by atoms with van der Waals surface area (Å²) >= 11 is 0. The largest absolute Gasteiger partial charge is 0.475 e. The summed E-state index contributed by atoms with van der Waals surface area (Å²) in [5, 5.41) is 21.7. The molecule has 4 aromatic rings. The molecule has 0 saturated heterocycles. The lowest BCUT2D eigenvalue weighted by Crippen LogP contribution is -2.15. The van der Waals surface area contributed by atoms with Gasteiger partial charge in [-0.15, -0.1) is 0 Å². The van der Waals surface area contributed by atoms with E-state index in [4.69, 9.17) is 4.74 Å². The Balaban J connectivity index is 1.77. The lowest BCUT2D eigenvalue weighted by molar-refractivity contribution is -0.385. The zero-order chi connectivity index (χ0) is 24.2. The lowest BCUT2D eigenvalue weighted by Gasteiger charge is -2.08. The van der Waals surface area contributed by atoms with E-state index in [0.29, 0.717) is 5.52 Å². The molecule has 9 heteroatoms. The van der Waals surface area contributed by atoms with Crippen LogP contribution in [0.3, 0.4) is 0 Å². The minimum Gasteiger partial charge on any atom is -0.475 e. The molecule has 168 valence electrons. The summed E-state index contributed by atoms with van der Waals surface area (Å²) in [5.41, 5.74) is 0.197. The maximum Gasteiger partial charge on any atom is 0.377 e. The third-order valence-corrected chi connectivity index (χ3v) is 4.85. The van der Waals surface area contributed by atoms with Gasteiger partial charge in [0.25, 0.3) is 5.78 Å². The number of halogens is 1. The molecule has 0 bridgehead atoms. The maximum absolute atomic E-state index is 13.1. The van der Waals surface area contributed by atoms with Gasteiger partial charge in [-0.3, -0.25) is 14.9 Å². The zero-order valence-corrected chi connectivity index (χ0v) is 17.3. The van der Waals surface area contributed by atoms with Crippen LogP contribution in [0.4, 0.5) is 10.1 Å². The number of hydrogen-bond donors (Lipinski definition) is 1. The van der Waals surface area contributed by atoms with Gasteiger partial charge in [0.2, 0.25) is 5.75 Å². The van der Waals surface area contributed by atoms with Crippen molar-refractivity contribution in [1.29, 1.82) is 0 Å². The van der Waals surface area contributed by atoms with Gasteiger partial charge in [0.05, 0.1) is 21.7 Å². The van der Waals surface area contributed by atoms with Crippen molar-refractivity contribution in [2.75, 3.05) is 0 Å². The van der Waals surface area contributed by atoms with E-state index in [1.165, 1.54) is 36.4 Å². The molecule has 0 spiro atoms. The number of ketones is 1. The number of hydrogen-bond acceptors (Lipinski definition) is 6. The number of ether oxygens (including phenoxy) is 1. The first-order valence-corrected chi connectivity index (χ1v) is 9.89. The van der Waals surface area contributed by atoms with Gasteiger partial charge in [0.15, 0.2) is 0 Å². The van der Waals surface area contributed by atoms with Gasteiger partial charge in [-0.05, 0) is 54.1 Å². The Hall–Kier alpha value is -4.92. The van der Waals surface area contributed by atoms with Crippen molar-refractivity contribution < 1.29 is 28.7 Å².